The van der Waals surface area contributed by atoms with Crippen molar-refractivity contribution < 1.29 is 9.90 Å². The molecule has 0 spiro atoms. The number of carbonyl (C=O) groups is 1. The molecule has 1 heterocycles. The van der Waals surface area contributed by atoms with Crippen molar-refractivity contribution in [2.45, 2.75) is 25.1 Å². The quantitative estimate of drug-likeness (QED) is 0.928. The molecule has 0 aliphatic carbocycles. The summed E-state index contributed by atoms with van der Waals surface area (Å²) in [5.41, 5.74) is 0.618. The summed E-state index contributed by atoms with van der Waals surface area (Å²) >= 11 is 0. The number of hydrogen-bond donors (Lipinski definition) is 1. The summed E-state index contributed by atoms with van der Waals surface area (Å²) in [4.78, 5) is 13.7. The lowest BCUT2D eigenvalue weighted by Gasteiger charge is -2.34. The van der Waals surface area contributed by atoms with Gasteiger partial charge in [0.1, 0.15) is 0 Å². The Kier molecular flexibility index (Phi) is 3.28. The third-order valence-electron chi connectivity index (χ3n) is 3.85. The van der Waals surface area contributed by atoms with E-state index in [4.69, 9.17) is 0 Å². The van der Waals surface area contributed by atoms with Crippen LogP contribution in [0.5, 0.6) is 0 Å². The highest BCUT2D eigenvalue weighted by molar-refractivity contribution is 5.79. The van der Waals surface area contributed by atoms with Gasteiger partial charge in [0.05, 0.1) is 0 Å². The van der Waals surface area contributed by atoms with Gasteiger partial charge in [0.15, 0.2) is 5.72 Å². The Morgan fingerprint density at radius 3 is 2.25 bits per heavy atom. The zero-order valence-electron chi connectivity index (χ0n) is 11.2. The molecule has 1 unspecified atom stereocenters. The van der Waals surface area contributed by atoms with Crippen molar-refractivity contribution in [3.8, 4) is 0 Å². The Morgan fingerprint density at radius 2 is 1.60 bits per heavy atom. The lowest BCUT2D eigenvalue weighted by atomic mass is 10.00. The second kappa shape index (κ2) is 5.10. The van der Waals surface area contributed by atoms with Crippen molar-refractivity contribution in [3.05, 3.63) is 71.8 Å². The predicted molar refractivity (Wildman–Crippen MR) is 76.6 cm³/mol. The first kappa shape index (κ1) is 12.9. The van der Waals surface area contributed by atoms with Crippen LogP contribution in [0.3, 0.4) is 0 Å². The molecule has 0 aromatic heterocycles. The number of nitrogens with zero attached hydrogens (tertiary/aromatic N) is 1. The fraction of sp³-hybridized carbons (Fsp3) is 0.235. The highest BCUT2D eigenvalue weighted by atomic mass is 16.3. The fourth-order valence-electron chi connectivity index (χ4n) is 2.75. The Bertz CT molecular complexity index is 597. The molecular formula is C17H17NO2. The van der Waals surface area contributed by atoms with Crippen LogP contribution in [-0.2, 0) is 17.1 Å². The van der Waals surface area contributed by atoms with Gasteiger partial charge in [0.2, 0.25) is 5.91 Å². The molecule has 2 aromatic rings. The van der Waals surface area contributed by atoms with Crippen molar-refractivity contribution in [1.29, 1.82) is 0 Å². The molecule has 1 aliphatic heterocycles. The number of carbonyl (C=O) groups excluding carboxylic acids is 1. The summed E-state index contributed by atoms with van der Waals surface area (Å²) in [5, 5.41) is 11.0. The summed E-state index contributed by atoms with van der Waals surface area (Å²) < 4.78 is 0. The zero-order chi connectivity index (χ0) is 14.0. The molecule has 1 amide bonds. The van der Waals surface area contributed by atoms with Crippen molar-refractivity contribution in [2.24, 2.45) is 0 Å². The van der Waals surface area contributed by atoms with E-state index in [9.17, 15) is 9.90 Å². The topological polar surface area (TPSA) is 40.5 Å². The summed E-state index contributed by atoms with van der Waals surface area (Å²) in [7, 11) is 0. The van der Waals surface area contributed by atoms with Gasteiger partial charge < -0.3 is 10.0 Å². The van der Waals surface area contributed by atoms with Crippen LogP contribution in [0.15, 0.2) is 60.7 Å². The van der Waals surface area contributed by atoms with E-state index in [0.717, 1.165) is 11.1 Å². The van der Waals surface area contributed by atoms with E-state index in [1.165, 1.54) is 0 Å². The average Bonchev–Trinajstić information content (AvgIpc) is 2.79. The van der Waals surface area contributed by atoms with Gasteiger partial charge in [-0.25, -0.2) is 0 Å². The van der Waals surface area contributed by atoms with Gasteiger partial charge in [-0.3, -0.25) is 4.79 Å². The molecular weight excluding hydrogens is 250 g/mol. The molecule has 1 aliphatic rings. The summed E-state index contributed by atoms with van der Waals surface area (Å²) in [6.07, 6.45) is 0.834. The summed E-state index contributed by atoms with van der Waals surface area (Å²) in [6, 6.07) is 19.2. The van der Waals surface area contributed by atoms with Gasteiger partial charge in [0.25, 0.3) is 0 Å². The third-order valence-corrected chi connectivity index (χ3v) is 3.85. The minimum atomic E-state index is -1.19. The SMILES string of the molecule is O=C1CCC(O)(c2ccccc2)N1Cc1ccccc1. The van der Waals surface area contributed by atoms with E-state index in [1.807, 2.05) is 60.7 Å². The van der Waals surface area contributed by atoms with Gasteiger partial charge in [-0.05, 0) is 5.56 Å². The van der Waals surface area contributed by atoms with Crippen molar-refractivity contribution in [3.63, 3.8) is 0 Å². The third kappa shape index (κ3) is 2.21. The van der Waals surface area contributed by atoms with E-state index in [2.05, 4.69) is 0 Å². The molecule has 1 saturated heterocycles. The molecule has 1 N–H and O–H groups in total. The molecule has 1 atom stereocenters. The van der Waals surface area contributed by atoms with Crippen molar-refractivity contribution in [1.82, 2.24) is 4.90 Å². The lowest BCUT2D eigenvalue weighted by molar-refractivity contribution is -0.149. The van der Waals surface area contributed by atoms with Crippen LogP contribution in [0, 0.1) is 0 Å². The van der Waals surface area contributed by atoms with Crippen LogP contribution in [0.2, 0.25) is 0 Å². The van der Waals surface area contributed by atoms with Gasteiger partial charge in [-0.2, -0.15) is 0 Å². The van der Waals surface area contributed by atoms with E-state index in [0.29, 0.717) is 19.4 Å². The second-order valence-corrected chi connectivity index (χ2v) is 5.15. The van der Waals surface area contributed by atoms with Crippen LogP contribution in [-0.4, -0.2) is 15.9 Å². The van der Waals surface area contributed by atoms with E-state index in [-0.39, 0.29) is 5.91 Å². The number of amides is 1. The van der Waals surface area contributed by atoms with E-state index >= 15 is 0 Å². The van der Waals surface area contributed by atoms with Crippen LogP contribution in [0.4, 0.5) is 0 Å². The Labute approximate surface area is 118 Å². The highest BCUT2D eigenvalue weighted by Crippen LogP contribution is 2.38. The van der Waals surface area contributed by atoms with Gasteiger partial charge in [-0.1, -0.05) is 60.7 Å². The Hall–Kier alpha value is -2.13. The largest absolute Gasteiger partial charge is 0.367 e. The van der Waals surface area contributed by atoms with Gasteiger partial charge in [-0.15, -0.1) is 0 Å². The fourth-order valence-corrected chi connectivity index (χ4v) is 2.75. The zero-order valence-corrected chi connectivity index (χ0v) is 11.2. The molecule has 102 valence electrons. The van der Waals surface area contributed by atoms with Gasteiger partial charge >= 0.3 is 0 Å². The molecule has 2 aromatic carbocycles. The first-order valence-corrected chi connectivity index (χ1v) is 6.82. The molecule has 3 rings (SSSR count). The number of rotatable bonds is 3. The Balaban J connectivity index is 1.93. The van der Waals surface area contributed by atoms with Crippen molar-refractivity contribution in [2.75, 3.05) is 0 Å². The highest BCUT2D eigenvalue weighted by Gasteiger charge is 2.44. The van der Waals surface area contributed by atoms with Crippen LogP contribution >= 0.6 is 0 Å². The predicted octanol–water partition coefficient (Wildman–Crippen LogP) is 2.65. The van der Waals surface area contributed by atoms with Gasteiger partial charge in [0, 0.05) is 24.9 Å². The molecule has 0 radical (unpaired) electrons. The first-order chi connectivity index (χ1) is 9.70. The second-order valence-electron chi connectivity index (χ2n) is 5.15. The average molecular weight is 267 g/mol. The maximum Gasteiger partial charge on any atom is 0.225 e. The van der Waals surface area contributed by atoms with E-state index in [1.54, 1.807) is 4.90 Å². The molecule has 20 heavy (non-hydrogen) atoms. The molecule has 3 nitrogen and oxygen atoms in total. The smallest absolute Gasteiger partial charge is 0.225 e. The van der Waals surface area contributed by atoms with Crippen LogP contribution in [0.25, 0.3) is 0 Å². The number of likely N-dealkylation sites (tertiary alicyclic amines) is 1. The first-order valence-electron chi connectivity index (χ1n) is 6.82. The molecule has 1 fully saturated rings. The normalized spacial score (nSPS) is 22.2. The van der Waals surface area contributed by atoms with Crippen molar-refractivity contribution >= 4 is 5.91 Å². The number of hydrogen-bond acceptors (Lipinski definition) is 2. The summed E-state index contributed by atoms with van der Waals surface area (Å²) in [6.45, 7) is 0.436. The Morgan fingerprint density at radius 1 is 1.00 bits per heavy atom. The molecule has 3 heteroatoms. The maximum atomic E-state index is 12.1. The van der Waals surface area contributed by atoms with Crippen LogP contribution < -0.4 is 0 Å². The maximum absolute atomic E-state index is 12.1. The minimum absolute atomic E-state index is 0.000191. The molecule has 0 bridgehead atoms. The minimum Gasteiger partial charge on any atom is -0.367 e. The van der Waals surface area contributed by atoms with E-state index < -0.39 is 5.72 Å². The molecule has 0 saturated carbocycles. The lowest BCUT2D eigenvalue weighted by Crippen LogP contribution is -2.42. The number of aliphatic hydroxyl groups is 1. The monoisotopic (exact) mass is 267 g/mol. The summed E-state index contributed by atoms with van der Waals surface area (Å²) in [5.74, 6) is 0.000191. The number of benzene rings is 2. The van der Waals surface area contributed by atoms with Crippen LogP contribution in [0.1, 0.15) is 24.0 Å². The standard InChI is InChI=1S/C17H17NO2/c19-16-11-12-17(20,15-9-5-2-6-10-15)18(16)13-14-7-3-1-4-8-14/h1-10,20H,11-13H2.